The van der Waals surface area contributed by atoms with Crippen LogP contribution in [0, 0.1) is 6.92 Å². The smallest absolute Gasteiger partial charge is 0.344 e. The maximum atomic E-state index is 12.9. The molecule has 0 fully saturated rings. The molecule has 0 amide bonds. The van der Waals surface area contributed by atoms with Crippen LogP contribution in [0.3, 0.4) is 0 Å². The molecule has 1 aromatic heterocycles. The molecule has 0 bridgehead atoms. The van der Waals surface area contributed by atoms with Crippen molar-refractivity contribution in [3.05, 3.63) is 94.3 Å². The number of carboxylic acid groups (broad SMARTS) is 1. The summed E-state index contributed by atoms with van der Waals surface area (Å²) in [4.78, 5) is 23.8. The maximum Gasteiger partial charge on any atom is 0.344 e. The highest BCUT2D eigenvalue weighted by molar-refractivity contribution is 6.30. The van der Waals surface area contributed by atoms with Crippen molar-refractivity contribution < 1.29 is 19.4 Å². The van der Waals surface area contributed by atoms with E-state index in [1.165, 1.54) is 6.92 Å². The number of nitrogens with zero attached hydrogens (tertiary/aromatic N) is 1. The minimum Gasteiger partial charge on any atom is -0.479 e. The van der Waals surface area contributed by atoms with Crippen LogP contribution in [0.2, 0.25) is 5.15 Å². The fourth-order valence-electron chi connectivity index (χ4n) is 2.92. The summed E-state index contributed by atoms with van der Waals surface area (Å²) in [7, 11) is 0. The summed E-state index contributed by atoms with van der Waals surface area (Å²) < 4.78 is 7.13. The van der Waals surface area contributed by atoms with E-state index in [-0.39, 0.29) is 5.78 Å². The summed E-state index contributed by atoms with van der Waals surface area (Å²) in [5, 5.41) is 9.45. The van der Waals surface area contributed by atoms with E-state index in [2.05, 4.69) is 0 Å². The summed E-state index contributed by atoms with van der Waals surface area (Å²) in [5.74, 6) is -0.640. The number of carbonyl (C=O) groups is 2. The first-order chi connectivity index (χ1) is 14.3. The summed E-state index contributed by atoms with van der Waals surface area (Å²) in [6.45, 7) is 3.86. The highest BCUT2D eigenvalue weighted by Gasteiger charge is 2.15. The number of aromatic nitrogens is 1. The number of benzene rings is 2. The number of hydrogen-bond donors (Lipinski definition) is 1. The highest BCUT2D eigenvalue weighted by Crippen LogP contribution is 2.20. The molecule has 30 heavy (non-hydrogen) atoms. The SMILES string of the molecule is Cc1ccc(C(=O)c2ccc(Cl)n2C/C=C/c2cccc(O[C@@H](C)C(=O)O)c2)cc1. The number of ketones is 1. The number of carbonyl (C=O) groups excluding carboxylic acids is 1. The van der Waals surface area contributed by atoms with E-state index < -0.39 is 12.1 Å². The van der Waals surface area contributed by atoms with Crippen LogP contribution >= 0.6 is 11.6 Å². The zero-order valence-corrected chi connectivity index (χ0v) is 17.5. The van der Waals surface area contributed by atoms with Gasteiger partial charge < -0.3 is 14.4 Å². The van der Waals surface area contributed by atoms with E-state index in [4.69, 9.17) is 21.4 Å². The molecule has 0 aliphatic carbocycles. The molecule has 2 aromatic carbocycles. The van der Waals surface area contributed by atoms with Gasteiger partial charge in [0.15, 0.2) is 6.10 Å². The molecule has 1 atom stereocenters. The lowest BCUT2D eigenvalue weighted by Crippen LogP contribution is -2.22. The van der Waals surface area contributed by atoms with Gasteiger partial charge in [-0.15, -0.1) is 0 Å². The van der Waals surface area contributed by atoms with Crippen molar-refractivity contribution in [1.82, 2.24) is 4.57 Å². The van der Waals surface area contributed by atoms with Crippen LogP contribution in [0.4, 0.5) is 0 Å². The first kappa shape index (κ1) is 21.4. The van der Waals surface area contributed by atoms with Gasteiger partial charge in [0.1, 0.15) is 10.9 Å². The molecular formula is C24H22ClNO4. The van der Waals surface area contributed by atoms with Crippen molar-refractivity contribution in [2.45, 2.75) is 26.5 Å². The molecule has 3 rings (SSSR count). The van der Waals surface area contributed by atoms with Crippen molar-refractivity contribution in [3.63, 3.8) is 0 Å². The lowest BCUT2D eigenvalue weighted by Gasteiger charge is -2.10. The predicted molar refractivity (Wildman–Crippen MR) is 117 cm³/mol. The number of aliphatic carboxylic acids is 1. The van der Waals surface area contributed by atoms with Gasteiger partial charge >= 0.3 is 5.97 Å². The van der Waals surface area contributed by atoms with Crippen LogP contribution in [0.25, 0.3) is 6.08 Å². The van der Waals surface area contributed by atoms with Crippen LogP contribution in [-0.4, -0.2) is 27.5 Å². The fourth-order valence-corrected chi connectivity index (χ4v) is 3.14. The van der Waals surface area contributed by atoms with Crippen molar-refractivity contribution in [1.29, 1.82) is 0 Å². The Morgan fingerprint density at radius 3 is 2.57 bits per heavy atom. The van der Waals surface area contributed by atoms with E-state index in [1.54, 1.807) is 34.9 Å². The van der Waals surface area contributed by atoms with Gasteiger partial charge in [0.05, 0.1) is 5.69 Å². The third-order valence-corrected chi connectivity index (χ3v) is 4.92. The first-order valence-corrected chi connectivity index (χ1v) is 9.85. The zero-order valence-electron chi connectivity index (χ0n) is 16.7. The number of rotatable bonds is 8. The Morgan fingerprint density at radius 1 is 1.13 bits per heavy atom. The fraction of sp³-hybridized carbons (Fsp3) is 0.167. The van der Waals surface area contributed by atoms with Crippen LogP contribution in [-0.2, 0) is 11.3 Å². The molecule has 0 aliphatic rings. The Bertz CT molecular complexity index is 1080. The van der Waals surface area contributed by atoms with E-state index >= 15 is 0 Å². The molecule has 0 spiro atoms. The topological polar surface area (TPSA) is 68.5 Å². The molecule has 5 nitrogen and oxygen atoms in total. The van der Waals surface area contributed by atoms with Crippen molar-refractivity contribution >= 4 is 29.4 Å². The maximum absolute atomic E-state index is 12.9. The van der Waals surface area contributed by atoms with Crippen molar-refractivity contribution in [2.24, 2.45) is 0 Å². The minimum atomic E-state index is -1.02. The number of carboxylic acids is 1. The lowest BCUT2D eigenvalue weighted by atomic mass is 10.1. The molecule has 0 unspecified atom stereocenters. The van der Waals surface area contributed by atoms with Gasteiger partial charge in [-0.2, -0.15) is 0 Å². The van der Waals surface area contributed by atoms with Crippen LogP contribution in [0.5, 0.6) is 5.75 Å². The second-order valence-corrected chi connectivity index (χ2v) is 7.31. The molecule has 0 aliphatic heterocycles. The van der Waals surface area contributed by atoms with Gasteiger partial charge in [0, 0.05) is 12.1 Å². The van der Waals surface area contributed by atoms with E-state index in [9.17, 15) is 9.59 Å². The second kappa shape index (κ2) is 9.46. The van der Waals surface area contributed by atoms with Gasteiger partial charge in [-0.3, -0.25) is 4.79 Å². The summed E-state index contributed by atoms with van der Waals surface area (Å²) >= 11 is 6.30. The Balaban J connectivity index is 1.74. The molecule has 0 saturated heterocycles. The molecule has 0 radical (unpaired) electrons. The number of aryl methyl sites for hydroxylation is 1. The molecule has 1 heterocycles. The number of halogens is 1. The number of hydrogen-bond acceptors (Lipinski definition) is 3. The Labute approximate surface area is 180 Å². The van der Waals surface area contributed by atoms with E-state index in [0.29, 0.717) is 28.7 Å². The Kier molecular flexibility index (Phi) is 6.75. The molecule has 3 aromatic rings. The van der Waals surface area contributed by atoms with Crippen LogP contribution < -0.4 is 4.74 Å². The van der Waals surface area contributed by atoms with Crippen LogP contribution in [0.15, 0.2) is 66.7 Å². The van der Waals surface area contributed by atoms with Gasteiger partial charge in [0.2, 0.25) is 5.78 Å². The van der Waals surface area contributed by atoms with Gasteiger partial charge in [-0.1, -0.05) is 65.7 Å². The quantitative estimate of drug-likeness (QED) is 0.502. The summed E-state index contributed by atoms with van der Waals surface area (Å²) in [6, 6.07) is 18.0. The van der Waals surface area contributed by atoms with Gasteiger partial charge in [-0.25, -0.2) is 4.79 Å². The first-order valence-electron chi connectivity index (χ1n) is 9.47. The zero-order chi connectivity index (χ0) is 21.7. The monoisotopic (exact) mass is 423 g/mol. The van der Waals surface area contributed by atoms with E-state index in [0.717, 1.165) is 11.1 Å². The third kappa shape index (κ3) is 5.19. The average molecular weight is 424 g/mol. The predicted octanol–water partition coefficient (Wildman–Crippen LogP) is 5.25. The summed E-state index contributed by atoms with van der Waals surface area (Å²) in [5.41, 5.74) is 3.06. The minimum absolute atomic E-state index is 0.0895. The normalized spacial score (nSPS) is 12.1. The Morgan fingerprint density at radius 2 is 1.87 bits per heavy atom. The average Bonchev–Trinajstić information content (AvgIpc) is 3.09. The molecule has 154 valence electrons. The molecule has 0 saturated carbocycles. The lowest BCUT2D eigenvalue weighted by molar-refractivity contribution is -0.144. The van der Waals surface area contributed by atoms with Crippen LogP contribution in [0.1, 0.15) is 34.1 Å². The standard InChI is InChI=1S/C24H22ClNO4/c1-16-8-10-19(11-9-16)23(27)21-12-13-22(25)26(21)14-4-6-18-5-3-7-20(15-18)30-17(2)24(28)29/h3-13,15,17H,14H2,1-2H3,(H,28,29)/b6-4+/t17-/m0/s1. The third-order valence-electron chi connectivity index (χ3n) is 4.59. The molecule has 1 N–H and O–H groups in total. The second-order valence-electron chi connectivity index (χ2n) is 6.92. The largest absolute Gasteiger partial charge is 0.479 e. The molecular weight excluding hydrogens is 402 g/mol. The highest BCUT2D eigenvalue weighted by atomic mass is 35.5. The summed E-state index contributed by atoms with van der Waals surface area (Å²) in [6.07, 6.45) is 2.82. The van der Waals surface area contributed by atoms with Gasteiger partial charge in [-0.05, 0) is 43.7 Å². The number of allylic oxidation sites excluding steroid dienone is 1. The van der Waals surface area contributed by atoms with Crippen molar-refractivity contribution in [2.75, 3.05) is 0 Å². The number of ether oxygens (including phenoxy) is 1. The van der Waals surface area contributed by atoms with Gasteiger partial charge in [0.25, 0.3) is 0 Å². The Hall–Kier alpha value is -3.31. The molecule has 6 heteroatoms. The van der Waals surface area contributed by atoms with Crippen molar-refractivity contribution in [3.8, 4) is 5.75 Å². The van der Waals surface area contributed by atoms with E-state index in [1.807, 2.05) is 49.4 Å².